The standard InChI is InChI=1S/C17H17ClN2/c1-12(2)20-11-16-9-15(6-7-17(16)18)14-5-3-4-13(8-14)10-19/h3-9,12,20H,11H2,1-2H3. The summed E-state index contributed by atoms with van der Waals surface area (Å²) in [5.74, 6) is 0. The van der Waals surface area contributed by atoms with Crippen LogP contribution in [-0.2, 0) is 6.54 Å². The van der Waals surface area contributed by atoms with E-state index in [0.717, 1.165) is 28.3 Å². The van der Waals surface area contributed by atoms with E-state index in [1.807, 2.05) is 30.3 Å². The first kappa shape index (κ1) is 14.6. The number of hydrogen-bond donors (Lipinski definition) is 1. The van der Waals surface area contributed by atoms with Gasteiger partial charge in [-0.3, -0.25) is 0 Å². The fourth-order valence-corrected chi connectivity index (χ4v) is 2.16. The third kappa shape index (κ3) is 3.60. The highest BCUT2D eigenvalue weighted by atomic mass is 35.5. The third-order valence-corrected chi connectivity index (χ3v) is 3.44. The minimum atomic E-state index is 0.414. The van der Waals surface area contributed by atoms with Crippen molar-refractivity contribution >= 4 is 11.6 Å². The molecule has 0 spiro atoms. The number of rotatable bonds is 4. The molecule has 0 aromatic heterocycles. The fourth-order valence-electron chi connectivity index (χ4n) is 1.97. The second kappa shape index (κ2) is 6.56. The topological polar surface area (TPSA) is 35.8 Å². The average molecular weight is 285 g/mol. The Morgan fingerprint density at radius 1 is 1.15 bits per heavy atom. The van der Waals surface area contributed by atoms with Gasteiger partial charge in [0.1, 0.15) is 0 Å². The molecular formula is C17H17ClN2. The summed E-state index contributed by atoms with van der Waals surface area (Å²) in [5.41, 5.74) is 3.85. The highest BCUT2D eigenvalue weighted by Gasteiger charge is 2.05. The van der Waals surface area contributed by atoms with Crippen LogP contribution in [0.1, 0.15) is 25.0 Å². The van der Waals surface area contributed by atoms with E-state index in [4.69, 9.17) is 16.9 Å². The van der Waals surface area contributed by atoms with E-state index in [0.29, 0.717) is 11.6 Å². The first-order valence-corrected chi connectivity index (χ1v) is 7.00. The molecular weight excluding hydrogens is 268 g/mol. The van der Waals surface area contributed by atoms with Crippen LogP contribution in [-0.4, -0.2) is 6.04 Å². The van der Waals surface area contributed by atoms with E-state index in [2.05, 4.69) is 31.3 Å². The van der Waals surface area contributed by atoms with Crippen molar-refractivity contribution in [1.29, 1.82) is 5.26 Å². The van der Waals surface area contributed by atoms with Gasteiger partial charge >= 0.3 is 0 Å². The maximum atomic E-state index is 8.97. The zero-order valence-corrected chi connectivity index (χ0v) is 12.4. The lowest BCUT2D eigenvalue weighted by molar-refractivity contribution is 0.589. The van der Waals surface area contributed by atoms with E-state index in [-0.39, 0.29) is 0 Å². The normalized spacial score (nSPS) is 10.6. The van der Waals surface area contributed by atoms with Gasteiger partial charge < -0.3 is 5.32 Å². The predicted molar refractivity (Wildman–Crippen MR) is 83.6 cm³/mol. The average Bonchev–Trinajstić information content (AvgIpc) is 2.46. The van der Waals surface area contributed by atoms with Crippen LogP contribution in [0.15, 0.2) is 42.5 Å². The zero-order valence-electron chi connectivity index (χ0n) is 11.7. The second-order valence-corrected chi connectivity index (χ2v) is 5.44. The van der Waals surface area contributed by atoms with Crippen molar-refractivity contribution in [3.05, 3.63) is 58.6 Å². The van der Waals surface area contributed by atoms with Gasteiger partial charge in [-0.2, -0.15) is 5.26 Å². The number of benzene rings is 2. The van der Waals surface area contributed by atoms with Crippen LogP contribution in [0, 0.1) is 11.3 Å². The molecule has 0 unspecified atom stereocenters. The highest BCUT2D eigenvalue weighted by molar-refractivity contribution is 6.31. The monoisotopic (exact) mass is 284 g/mol. The van der Waals surface area contributed by atoms with E-state index in [1.165, 1.54) is 0 Å². The van der Waals surface area contributed by atoms with Crippen molar-refractivity contribution in [2.24, 2.45) is 0 Å². The Labute approximate surface area is 125 Å². The first-order valence-electron chi connectivity index (χ1n) is 6.62. The molecule has 0 bridgehead atoms. The summed E-state index contributed by atoms with van der Waals surface area (Å²) in [4.78, 5) is 0. The Hall–Kier alpha value is -1.82. The van der Waals surface area contributed by atoms with E-state index < -0.39 is 0 Å². The van der Waals surface area contributed by atoms with Crippen LogP contribution in [0.5, 0.6) is 0 Å². The third-order valence-electron chi connectivity index (χ3n) is 3.07. The summed E-state index contributed by atoms with van der Waals surface area (Å²) in [6, 6.07) is 16.1. The number of halogens is 1. The van der Waals surface area contributed by atoms with Crippen LogP contribution in [0.4, 0.5) is 0 Å². The molecule has 3 heteroatoms. The van der Waals surface area contributed by atoms with Gasteiger partial charge in [0.25, 0.3) is 0 Å². The van der Waals surface area contributed by atoms with E-state index in [1.54, 1.807) is 6.07 Å². The van der Waals surface area contributed by atoms with Gasteiger partial charge in [-0.25, -0.2) is 0 Å². The van der Waals surface area contributed by atoms with Gasteiger partial charge in [0.15, 0.2) is 0 Å². The maximum absolute atomic E-state index is 8.97. The Balaban J connectivity index is 2.33. The Morgan fingerprint density at radius 2 is 1.90 bits per heavy atom. The van der Waals surface area contributed by atoms with E-state index >= 15 is 0 Å². The van der Waals surface area contributed by atoms with Gasteiger partial charge in [0, 0.05) is 17.6 Å². The molecule has 0 aliphatic heterocycles. The van der Waals surface area contributed by atoms with Crippen molar-refractivity contribution in [2.45, 2.75) is 26.4 Å². The molecule has 0 aliphatic rings. The van der Waals surface area contributed by atoms with Gasteiger partial charge in [-0.1, -0.05) is 43.6 Å². The summed E-state index contributed by atoms with van der Waals surface area (Å²) in [7, 11) is 0. The Morgan fingerprint density at radius 3 is 2.60 bits per heavy atom. The Kier molecular flexibility index (Phi) is 4.79. The SMILES string of the molecule is CC(C)NCc1cc(-c2cccc(C#N)c2)ccc1Cl. The quantitative estimate of drug-likeness (QED) is 0.904. The molecule has 0 heterocycles. The van der Waals surface area contributed by atoms with Gasteiger partial charge in [0.2, 0.25) is 0 Å². The van der Waals surface area contributed by atoms with Crippen LogP contribution in [0.25, 0.3) is 11.1 Å². The maximum Gasteiger partial charge on any atom is 0.0991 e. The molecule has 0 radical (unpaired) electrons. The molecule has 2 nitrogen and oxygen atoms in total. The van der Waals surface area contributed by atoms with Crippen molar-refractivity contribution in [2.75, 3.05) is 0 Å². The van der Waals surface area contributed by atoms with E-state index in [9.17, 15) is 0 Å². The van der Waals surface area contributed by atoms with Crippen molar-refractivity contribution in [3.63, 3.8) is 0 Å². The van der Waals surface area contributed by atoms with Crippen LogP contribution >= 0.6 is 11.6 Å². The predicted octanol–water partition coefficient (Wildman–Crippen LogP) is 4.38. The highest BCUT2D eigenvalue weighted by Crippen LogP contribution is 2.26. The first-order chi connectivity index (χ1) is 9.60. The lowest BCUT2D eigenvalue weighted by Crippen LogP contribution is -2.21. The Bertz CT molecular complexity index is 642. The molecule has 0 aliphatic carbocycles. The molecule has 2 aromatic carbocycles. The number of nitriles is 1. The van der Waals surface area contributed by atoms with Crippen LogP contribution in [0.3, 0.4) is 0 Å². The summed E-state index contributed by atoms with van der Waals surface area (Å²) in [6.45, 7) is 4.95. The summed E-state index contributed by atoms with van der Waals surface area (Å²) >= 11 is 6.23. The minimum Gasteiger partial charge on any atom is -0.310 e. The molecule has 0 amide bonds. The molecule has 0 saturated carbocycles. The van der Waals surface area contributed by atoms with Crippen LogP contribution in [0.2, 0.25) is 5.02 Å². The minimum absolute atomic E-state index is 0.414. The molecule has 0 fully saturated rings. The lowest BCUT2D eigenvalue weighted by Gasteiger charge is -2.11. The van der Waals surface area contributed by atoms with Crippen molar-refractivity contribution in [1.82, 2.24) is 5.32 Å². The number of hydrogen-bond acceptors (Lipinski definition) is 2. The van der Waals surface area contributed by atoms with Crippen LogP contribution < -0.4 is 5.32 Å². The zero-order chi connectivity index (χ0) is 14.5. The molecule has 102 valence electrons. The van der Waals surface area contributed by atoms with Gasteiger partial charge in [-0.15, -0.1) is 0 Å². The molecule has 0 atom stereocenters. The molecule has 2 aromatic rings. The second-order valence-electron chi connectivity index (χ2n) is 5.03. The van der Waals surface area contributed by atoms with Gasteiger partial charge in [0.05, 0.1) is 11.6 Å². The van der Waals surface area contributed by atoms with Crippen molar-refractivity contribution in [3.8, 4) is 17.2 Å². The van der Waals surface area contributed by atoms with Crippen molar-refractivity contribution < 1.29 is 0 Å². The summed E-state index contributed by atoms with van der Waals surface area (Å²) in [5, 5.41) is 13.1. The largest absolute Gasteiger partial charge is 0.310 e. The molecule has 0 saturated heterocycles. The molecule has 20 heavy (non-hydrogen) atoms. The number of nitrogens with one attached hydrogen (secondary N) is 1. The fraction of sp³-hybridized carbons (Fsp3) is 0.235. The number of nitrogens with zero attached hydrogens (tertiary/aromatic N) is 1. The van der Waals surface area contributed by atoms with Gasteiger partial charge in [-0.05, 0) is 41.0 Å². The smallest absolute Gasteiger partial charge is 0.0991 e. The summed E-state index contributed by atoms with van der Waals surface area (Å²) < 4.78 is 0. The molecule has 1 N–H and O–H groups in total. The molecule has 2 rings (SSSR count). The lowest BCUT2D eigenvalue weighted by atomic mass is 10.0. The summed E-state index contributed by atoms with van der Waals surface area (Å²) in [6.07, 6.45) is 0.